The van der Waals surface area contributed by atoms with Gasteiger partial charge in [-0.1, -0.05) is 126 Å². The van der Waals surface area contributed by atoms with Gasteiger partial charge in [-0.3, -0.25) is 13.8 Å². The molecule has 0 aliphatic rings. The van der Waals surface area contributed by atoms with Gasteiger partial charge < -0.3 is 18.9 Å². The molecule has 0 aromatic carbocycles. The largest absolute Gasteiger partial charge is 0.472 e. The van der Waals surface area contributed by atoms with Crippen molar-refractivity contribution in [3.8, 4) is 0 Å². The second-order valence-corrected chi connectivity index (χ2v) is 14.0. The lowest BCUT2D eigenvalue weighted by atomic mass is 10.1. The molecule has 0 aromatic heterocycles. The summed E-state index contributed by atoms with van der Waals surface area (Å²) in [6.07, 6.45) is 35.7. The third-order valence-corrected chi connectivity index (χ3v) is 7.86. The molecule has 0 bridgehead atoms. The molecule has 0 saturated heterocycles. The third kappa shape index (κ3) is 33.6. The molecule has 0 aliphatic carbocycles. The number of unbranched alkanes of at least 4 members (excludes halogenated alkanes) is 8. The molecule has 0 amide bonds. The Hall–Kier alpha value is -1.80. The van der Waals surface area contributed by atoms with E-state index in [2.05, 4.69) is 62.5 Å². The number of carbonyl (C=O) groups is 1. The number of phosphoric ester groups is 1. The standard InChI is InChI=1S/C37H66NO7P/c1-6-8-10-12-14-16-17-18-19-20-21-22-24-26-28-30-37(39)45-36(35-44-46(40,41)43-33-31-38(3,4)5)34-42-32-29-27-25-23-15-13-11-9-7-2/h8,10,14,16,18-19,21-22,26,28,36H,6-7,9,11-13,15,17,20,23-25,27,29-35H2,1-5H3/p+1/b10-8-,16-14-,19-18-,22-21-,28-26-. The zero-order valence-corrected chi connectivity index (χ0v) is 30.7. The molecule has 46 heavy (non-hydrogen) atoms. The molecule has 0 rings (SSSR count). The monoisotopic (exact) mass is 668 g/mol. The molecule has 0 heterocycles. The van der Waals surface area contributed by atoms with E-state index in [0.29, 0.717) is 17.6 Å². The van der Waals surface area contributed by atoms with Crippen LogP contribution >= 0.6 is 7.82 Å². The van der Waals surface area contributed by atoms with Crippen LogP contribution in [-0.4, -0.2) is 75.6 Å². The summed E-state index contributed by atoms with van der Waals surface area (Å²) in [6, 6.07) is 0. The lowest BCUT2D eigenvalue weighted by Gasteiger charge is -2.24. The van der Waals surface area contributed by atoms with Crippen molar-refractivity contribution < 1.29 is 37.3 Å². The van der Waals surface area contributed by atoms with E-state index >= 15 is 0 Å². The molecule has 0 saturated carbocycles. The predicted octanol–water partition coefficient (Wildman–Crippen LogP) is 9.43. The minimum absolute atomic E-state index is 0.0703. The van der Waals surface area contributed by atoms with E-state index in [0.717, 1.165) is 44.9 Å². The number of esters is 1. The fourth-order valence-corrected chi connectivity index (χ4v) is 4.90. The Balaban J connectivity index is 4.52. The van der Waals surface area contributed by atoms with E-state index in [-0.39, 0.29) is 26.2 Å². The van der Waals surface area contributed by atoms with Crippen LogP contribution in [0.5, 0.6) is 0 Å². The summed E-state index contributed by atoms with van der Waals surface area (Å²) in [4.78, 5) is 22.6. The molecule has 9 heteroatoms. The predicted molar refractivity (Wildman–Crippen MR) is 192 cm³/mol. The average Bonchev–Trinajstić information content (AvgIpc) is 2.99. The second kappa shape index (κ2) is 30.5. The number of likely N-dealkylation sites (N-methyl/N-ethyl adjacent to an activating group) is 1. The Kier molecular flexibility index (Phi) is 29.3. The average molecular weight is 669 g/mol. The molecule has 266 valence electrons. The molecule has 0 spiro atoms. The van der Waals surface area contributed by atoms with Crippen LogP contribution in [0.25, 0.3) is 0 Å². The van der Waals surface area contributed by atoms with Gasteiger partial charge in [0, 0.05) is 6.61 Å². The van der Waals surface area contributed by atoms with E-state index in [1.54, 1.807) is 6.08 Å². The maximum Gasteiger partial charge on any atom is 0.472 e. The van der Waals surface area contributed by atoms with Crippen molar-refractivity contribution in [2.24, 2.45) is 0 Å². The first-order valence-corrected chi connectivity index (χ1v) is 19.0. The number of allylic oxidation sites excluding steroid dienone is 9. The zero-order valence-electron chi connectivity index (χ0n) is 29.8. The number of rotatable bonds is 31. The van der Waals surface area contributed by atoms with Crippen LogP contribution in [0.2, 0.25) is 0 Å². The second-order valence-electron chi connectivity index (χ2n) is 12.5. The van der Waals surface area contributed by atoms with Crippen LogP contribution in [0, 0.1) is 0 Å². The van der Waals surface area contributed by atoms with Gasteiger partial charge in [-0.15, -0.1) is 0 Å². The van der Waals surface area contributed by atoms with E-state index in [1.807, 2.05) is 27.2 Å². The molecule has 0 fully saturated rings. The number of quaternary nitrogens is 1. The molecule has 1 N–H and O–H groups in total. The molecule has 0 radical (unpaired) electrons. The topological polar surface area (TPSA) is 91.3 Å². The number of hydrogen-bond donors (Lipinski definition) is 1. The van der Waals surface area contributed by atoms with Gasteiger partial charge >= 0.3 is 13.8 Å². The summed E-state index contributed by atoms with van der Waals surface area (Å²) < 4.78 is 34.5. The van der Waals surface area contributed by atoms with Crippen LogP contribution in [0.3, 0.4) is 0 Å². The van der Waals surface area contributed by atoms with Crippen molar-refractivity contribution in [1.82, 2.24) is 0 Å². The first-order chi connectivity index (χ1) is 22.1. The van der Waals surface area contributed by atoms with E-state index in [9.17, 15) is 14.3 Å². The van der Waals surface area contributed by atoms with Crippen LogP contribution < -0.4 is 0 Å². The van der Waals surface area contributed by atoms with Gasteiger partial charge in [0.05, 0.1) is 40.8 Å². The van der Waals surface area contributed by atoms with Crippen molar-refractivity contribution in [1.29, 1.82) is 0 Å². The van der Waals surface area contributed by atoms with Crippen molar-refractivity contribution in [3.63, 3.8) is 0 Å². The van der Waals surface area contributed by atoms with Gasteiger partial charge in [-0.05, 0) is 38.5 Å². The van der Waals surface area contributed by atoms with E-state index in [4.69, 9.17) is 18.5 Å². The maximum atomic E-state index is 12.5. The fourth-order valence-electron chi connectivity index (χ4n) is 4.15. The Labute approximate surface area is 281 Å². The molecule has 0 aliphatic heterocycles. The maximum absolute atomic E-state index is 12.5. The first-order valence-electron chi connectivity index (χ1n) is 17.5. The molecular weight excluding hydrogens is 601 g/mol. The number of carbonyl (C=O) groups excluding carboxylic acids is 1. The fraction of sp³-hybridized carbons (Fsp3) is 0.703. The molecule has 8 nitrogen and oxygen atoms in total. The van der Waals surface area contributed by atoms with Gasteiger partial charge in [0.25, 0.3) is 0 Å². The number of hydrogen-bond acceptors (Lipinski definition) is 6. The third-order valence-electron chi connectivity index (χ3n) is 6.88. The van der Waals surface area contributed by atoms with E-state index in [1.165, 1.54) is 44.9 Å². The highest BCUT2D eigenvalue weighted by molar-refractivity contribution is 7.47. The summed E-state index contributed by atoms with van der Waals surface area (Å²) >= 11 is 0. The van der Waals surface area contributed by atoms with Crippen molar-refractivity contribution >= 4 is 13.8 Å². The summed E-state index contributed by atoms with van der Waals surface area (Å²) in [5, 5.41) is 0. The molecule has 2 atom stereocenters. The minimum Gasteiger partial charge on any atom is -0.457 e. The number of phosphoric acid groups is 1. The lowest BCUT2D eigenvalue weighted by Crippen LogP contribution is -2.37. The van der Waals surface area contributed by atoms with Gasteiger partial charge in [0.1, 0.15) is 19.3 Å². The SMILES string of the molecule is CC/C=C\C/C=C\C/C=C\C/C=C\C/C=C\CC(=O)OC(COCCCCCCCCCCC)COP(=O)(O)OCC[N+](C)(C)C. The smallest absolute Gasteiger partial charge is 0.457 e. The van der Waals surface area contributed by atoms with Crippen molar-refractivity contribution in [2.45, 2.75) is 116 Å². The van der Waals surface area contributed by atoms with Gasteiger partial charge in [-0.25, -0.2) is 4.57 Å². The molecule has 2 unspecified atom stereocenters. The Morgan fingerprint density at radius 3 is 1.70 bits per heavy atom. The summed E-state index contributed by atoms with van der Waals surface area (Å²) in [6.45, 7) is 5.32. The number of nitrogens with zero attached hydrogens (tertiary/aromatic N) is 1. The Morgan fingerprint density at radius 1 is 0.674 bits per heavy atom. The van der Waals surface area contributed by atoms with Gasteiger partial charge in [-0.2, -0.15) is 0 Å². The van der Waals surface area contributed by atoms with Crippen LogP contribution in [-0.2, 0) is 27.9 Å². The lowest BCUT2D eigenvalue weighted by molar-refractivity contribution is -0.870. The summed E-state index contributed by atoms with van der Waals surface area (Å²) in [5.74, 6) is -0.444. The zero-order chi connectivity index (χ0) is 34.2. The van der Waals surface area contributed by atoms with E-state index < -0.39 is 19.9 Å². The first kappa shape index (κ1) is 44.2. The normalized spacial score (nSPS) is 14.8. The van der Waals surface area contributed by atoms with Crippen LogP contribution in [0.15, 0.2) is 60.8 Å². The molecule has 0 aromatic rings. The van der Waals surface area contributed by atoms with Gasteiger partial charge in [0.2, 0.25) is 0 Å². The van der Waals surface area contributed by atoms with Crippen molar-refractivity contribution in [2.75, 3.05) is 54.1 Å². The molecular formula is C37H67NO7P+. The van der Waals surface area contributed by atoms with Crippen LogP contribution in [0.1, 0.15) is 110 Å². The quantitative estimate of drug-likeness (QED) is 0.0259. The minimum atomic E-state index is -4.29. The Bertz CT molecular complexity index is 921. The van der Waals surface area contributed by atoms with Crippen LogP contribution in [0.4, 0.5) is 0 Å². The highest BCUT2D eigenvalue weighted by atomic mass is 31.2. The van der Waals surface area contributed by atoms with Crippen molar-refractivity contribution in [3.05, 3.63) is 60.8 Å². The summed E-state index contributed by atoms with van der Waals surface area (Å²) in [7, 11) is 1.60. The highest BCUT2D eigenvalue weighted by Crippen LogP contribution is 2.43. The van der Waals surface area contributed by atoms with Gasteiger partial charge in [0.15, 0.2) is 0 Å². The summed E-state index contributed by atoms with van der Waals surface area (Å²) in [5.41, 5.74) is 0. The Morgan fingerprint density at radius 2 is 1.17 bits per heavy atom. The highest BCUT2D eigenvalue weighted by Gasteiger charge is 2.26. The number of ether oxygens (including phenoxy) is 2.